The van der Waals surface area contributed by atoms with Crippen LogP contribution in [0.25, 0.3) is 0 Å². The van der Waals surface area contributed by atoms with Crippen molar-refractivity contribution < 1.29 is 58.8 Å². The van der Waals surface area contributed by atoms with Gasteiger partial charge in [-0.05, 0) is 36.9 Å². The van der Waals surface area contributed by atoms with Crippen molar-refractivity contribution in [1.82, 2.24) is 0 Å². The Labute approximate surface area is 154 Å². The Kier molecular flexibility index (Phi) is 28.6. The molecule has 6 nitrogen and oxygen atoms in total. The van der Waals surface area contributed by atoms with Gasteiger partial charge in [0, 0.05) is 39.0 Å². The average molecular weight is 429 g/mol. The normalized spacial score (nSPS) is 11.8. The van der Waals surface area contributed by atoms with Crippen LogP contribution in [-0.4, -0.2) is 58.3 Å². The molecule has 6 N–H and O–H groups in total. The van der Waals surface area contributed by atoms with E-state index in [2.05, 4.69) is 0 Å². The molecule has 0 spiro atoms. The molecular weight excluding hydrogens is 407 g/mol. The Hall–Kier alpha value is 0.807. The van der Waals surface area contributed by atoms with Crippen LogP contribution in [0.2, 0.25) is 0 Å². The van der Waals surface area contributed by atoms with E-state index in [9.17, 15) is 9.59 Å². The molecule has 0 saturated carbocycles. The monoisotopic (exact) mass is 426 g/mol. The van der Waals surface area contributed by atoms with Crippen LogP contribution in [0, 0.1) is 0 Å². The molecule has 0 aromatic rings. The van der Waals surface area contributed by atoms with E-state index in [4.69, 9.17) is 21.7 Å². The first-order chi connectivity index (χ1) is 8.36. The zero-order valence-electron chi connectivity index (χ0n) is 12.1. The Morgan fingerprint density at radius 2 is 1.15 bits per heavy atom. The maximum absolute atomic E-state index is 10.1. The van der Waals surface area contributed by atoms with Gasteiger partial charge in [0.2, 0.25) is 0 Å². The molecule has 0 aromatic carbocycles. The topological polar surface area (TPSA) is 127 Å². The summed E-state index contributed by atoms with van der Waals surface area (Å²) >= 11 is 3.21. The van der Waals surface area contributed by atoms with E-state index in [1.54, 1.807) is 23.5 Å². The van der Waals surface area contributed by atoms with Gasteiger partial charge in [-0.25, -0.2) is 0 Å². The van der Waals surface area contributed by atoms with Crippen molar-refractivity contribution in [2.75, 3.05) is 24.0 Å². The molecule has 2 atom stereocenters. The van der Waals surface area contributed by atoms with E-state index in [1.807, 2.05) is 12.5 Å². The molecule has 10 heteroatoms. The third kappa shape index (κ3) is 21.1. The van der Waals surface area contributed by atoms with E-state index >= 15 is 0 Å². The minimum absolute atomic E-state index is 0. The summed E-state index contributed by atoms with van der Waals surface area (Å²) in [5, 5.41) is 16.5. The van der Waals surface area contributed by atoms with E-state index in [0.717, 1.165) is 11.5 Å². The number of carbonyl (C=O) groups is 2. The number of carboxylic acids is 2. The summed E-state index contributed by atoms with van der Waals surface area (Å²) in [6, 6.07) is -1.37. The SMILES string of the molecule is CSCCC(N)C(=O)O.CSCCC(N)C(=O)O.[Zn].[Zn]. The maximum Gasteiger partial charge on any atom is 0.320 e. The van der Waals surface area contributed by atoms with Gasteiger partial charge in [-0.2, -0.15) is 23.5 Å². The molecule has 2 unspecified atom stereocenters. The number of aliphatic carboxylic acids is 2. The standard InChI is InChI=1S/2C5H11NO2S.2Zn/c2*1-9-3-2-4(6)5(7)8;;/h2*4H,2-3,6H2,1H3,(H,7,8);;. The van der Waals surface area contributed by atoms with Crippen LogP contribution in [0.1, 0.15) is 12.8 Å². The smallest absolute Gasteiger partial charge is 0.320 e. The van der Waals surface area contributed by atoms with Crippen LogP contribution < -0.4 is 11.5 Å². The summed E-state index contributed by atoms with van der Waals surface area (Å²) in [4.78, 5) is 20.1. The zero-order valence-corrected chi connectivity index (χ0v) is 19.6. The van der Waals surface area contributed by atoms with Crippen molar-refractivity contribution in [3.05, 3.63) is 0 Å². The third-order valence-corrected chi connectivity index (χ3v) is 3.19. The Morgan fingerprint density at radius 3 is 1.30 bits per heavy atom. The van der Waals surface area contributed by atoms with Crippen LogP contribution in [0.3, 0.4) is 0 Å². The molecule has 20 heavy (non-hydrogen) atoms. The molecule has 0 fully saturated rings. The second-order valence-corrected chi connectivity index (χ2v) is 5.42. The first kappa shape index (κ1) is 28.9. The van der Waals surface area contributed by atoms with E-state index in [1.165, 1.54) is 0 Å². The quantitative estimate of drug-likeness (QED) is 0.406. The molecule has 0 aliphatic rings. The molecule has 0 saturated heterocycles. The van der Waals surface area contributed by atoms with Crippen molar-refractivity contribution in [2.24, 2.45) is 11.5 Å². The largest absolute Gasteiger partial charge is 0.480 e. The van der Waals surface area contributed by atoms with Gasteiger partial charge in [-0.15, -0.1) is 0 Å². The second-order valence-electron chi connectivity index (χ2n) is 3.45. The van der Waals surface area contributed by atoms with Crippen molar-refractivity contribution in [3.63, 3.8) is 0 Å². The molecule has 0 aliphatic carbocycles. The fourth-order valence-electron chi connectivity index (χ4n) is 0.737. The van der Waals surface area contributed by atoms with Crippen LogP contribution in [-0.2, 0) is 48.5 Å². The molecule has 0 aliphatic heterocycles. The summed E-state index contributed by atoms with van der Waals surface area (Å²) in [5.41, 5.74) is 10.4. The molecule has 0 aromatic heterocycles. The van der Waals surface area contributed by atoms with E-state index in [0.29, 0.717) is 12.8 Å². The Balaban J connectivity index is -0.000000116. The molecule has 0 rings (SSSR count). The third-order valence-electron chi connectivity index (χ3n) is 1.90. The van der Waals surface area contributed by atoms with E-state index in [-0.39, 0.29) is 39.0 Å². The van der Waals surface area contributed by atoms with E-state index < -0.39 is 24.0 Å². The van der Waals surface area contributed by atoms with Gasteiger partial charge in [0.1, 0.15) is 12.1 Å². The minimum atomic E-state index is -0.913. The Morgan fingerprint density at radius 1 is 0.900 bits per heavy atom. The summed E-state index contributed by atoms with van der Waals surface area (Å²) in [7, 11) is 0. The van der Waals surface area contributed by atoms with Crippen molar-refractivity contribution in [3.8, 4) is 0 Å². The van der Waals surface area contributed by atoms with Crippen LogP contribution in [0.15, 0.2) is 0 Å². The number of rotatable bonds is 8. The van der Waals surface area contributed by atoms with Gasteiger partial charge in [0.25, 0.3) is 0 Å². The van der Waals surface area contributed by atoms with Gasteiger partial charge in [-0.3, -0.25) is 9.59 Å². The predicted octanol–water partition coefficient (Wildman–Crippen LogP) is 0.298. The summed E-state index contributed by atoms with van der Waals surface area (Å²) in [6.07, 6.45) is 4.95. The first-order valence-electron chi connectivity index (χ1n) is 5.31. The summed E-state index contributed by atoms with van der Waals surface area (Å²) < 4.78 is 0. The van der Waals surface area contributed by atoms with Crippen LogP contribution >= 0.6 is 23.5 Å². The van der Waals surface area contributed by atoms with Crippen molar-refractivity contribution >= 4 is 35.5 Å². The van der Waals surface area contributed by atoms with Gasteiger partial charge in [0.05, 0.1) is 0 Å². The second kappa shape index (κ2) is 19.8. The molecule has 0 bridgehead atoms. The summed E-state index contributed by atoms with van der Waals surface area (Å²) in [6.45, 7) is 0. The van der Waals surface area contributed by atoms with Crippen LogP contribution in [0.5, 0.6) is 0 Å². The van der Waals surface area contributed by atoms with Crippen molar-refractivity contribution in [1.29, 1.82) is 0 Å². The number of nitrogens with two attached hydrogens (primary N) is 2. The van der Waals surface area contributed by atoms with Gasteiger partial charge in [0.15, 0.2) is 0 Å². The fraction of sp³-hybridized carbons (Fsp3) is 0.800. The Bertz CT molecular complexity index is 227. The maximum atomic E-state index is 10.1. The molecule has 0 heterocycles. The fourth-order valence-corrected chi connectivity index (χ4v) is 1.72. The zero-order chi connectivity index (χ0) is 14.6. The molecule has 0 radical (unpaired) electrons. The van der Waals surface area contributed by atoms with Crippen LogP contribution in [0.4, 0.5) is 0 Å². The average Bonchev–Trinajstić information content (AvgIpc) is 2.33. The molecule has 0 amide bonds. The molecular formula is C10H22N2O4S2Zn2. The molecule has 112 valence electrons. The van der Waals surface area contributed by atoms with Gasteiger partial charge >= 0.3 is 11.9 Å². The number of hydrogen-bond donors (Lipinski definition) is 4. The van der Waals surface area contributed by atoms with Crippen molar-refractivity contribution in [2.45, 2.75) is 24.9 Å². The van der Waals surface area contributed by atoms with Gasteiger partial charge in [-0.1, -0.05) is 0 Å². The summed E-state index contributed by atoms with van der Waals surface area (Å²) in [5.74, 6) is -0.200. The minimum Gasteiger partial charge on any atom is -0.480 e. The predicted molar refractivity (Wildman–Crippen MR) is 77.2 cm³/mol. The number of hydrogen-bond acceptors (Lipinski definition) is 6. The number of carboxylic acid groups (broad SMARTS) is 2. The van der Waals surface area contributed by atoms with Gasteiger partial charge < -0.3 is 21.7 Å². The number of thioether (sulfide) groups is 2. The first-order valence-corrected chi connectivity index (χ1v) is 8.10.